The first-order valence-corrected chi connectivity index (χ1v) is 7.57. The second-order valence-corrected chi connectivity index (χ2v) is 5.31. The number of aliphatic imine (C=N–C) groups is 1. The first kappa shape index (κ1) is 15.0. The maximum absolute atomic E-state index is 12.1. The molecule has 0 spiro atoms. The molecular formula is C19H18N2O2. The zero-order valence-corrected chi connectivity index (χ0v) is 13.2. The second-order valence-electron chi connectivity index (χ2n) is 5.31. The Hall–Kier alpha value is -2.88. The monoisotopic (exact) mass is 306 g/mol. The Morgan fingerprint density at radius 1 is 1.09 bits per heavy atom. The number of rotatable bonds is 4. The van der Waals surface area contributed by atoms with Gasteiger partial charge in [0.1, 0.15) is 17.3 Å². The van der Waals surface area contributed by atoms with E-state index < -0.39 is 0 Å². The average molecular weight is 306 g/mol. The fourth-order valence-corrected chi connectivity index (χ4v) is 2.30. The molecular weight excluding hydrogens is 288 g/mol. The Kier molecular flexibility index (Phi) is 4.24. The standard InChI is InChI=1S/C19H18N2O2/c1-3-23-16-10-6-14(7-11-16)12-17-19(22)21-18(20-17)15-8-4-13(2)5-9-15/h4-12H,3H2,1-2H3,(H,20,21,22). The van der Waals surface area contributed by atoms with Crippen LogP contribution in [0.25, 0.3) is 6.08 Å². The first-order valence-electron chi connectivity index (χ1n) is 7.57. The molecule has 116 valence electrons. The van der Waals surface area contributed by atoms with Crippen molar-refractivity contribution in [3.05, 3.63) is 70.9 Å². The van der Waals surface area contributed by atoms with Gasteiger partial charge in [-0.25, -0.2) is 4.99 Å². The van der Waals surface area contributed by atoms with Crippen LogP contribution in [0.2, 0.25) is 0 Å². The van der Waals surface area contributed by atoms with Crippen LogP contribution < -0.4 is 10.1 Å². The predicted molar refractivity (Wildman–Crippen MR) is 91.4 cm³/mol. The number of nitrogens with one attached hydrogen (secondary N) is 1. The van der Waals surface area contributed by atoms with E-state index in [1.54, 1.807) is 6.08 Å². The maximum Gasteiger partial charge on any atom is 0.275 e. The summed E-state index contributed by atoms with van der Waals surface area (Å²) in [5, 5.41) is 2.81. The van der Waals surface area contributed by atoms with Crippen LogP contribution in [-0.2, 0) is 4.79 Å². The summed E-state index contributed by atoms with van der Waals surface area (Å²) in [4.78, 5) is 16.5. The third-order valence-corrected chi connectivity index (χ3v) is 3.52. The first-order chi connectivity index (χ1) is 11.2. The molecule has 1 aliphatic heterocycles. The van der Waals surface area contributed by atoms with Gasteiger partial charge in [0.2, 0.25) is 0 Å². The summed E-state index contributed by atoms with van der Waals surface area (Å²) in [6, 6.07) is 15.5. The van der Waals surface area contributed by atoms with Gasteiger partial charge in [0.15, 0.2) is 0 Å². The van der Waals surface area contributed by atoms with Crippen LogP contribution in [0.1, 0.15) is 23.6 Å². The zero-order valence-electron chi connectivity index (χ0n) is 13.2. The highest BCUT2D eigenvalue weighted by Crippen LogP contribution is 2.18. The molecule has 1 aliphatic rings. The fourth-order valence-electron chi connectivity index (χ4n) is 2.30. The molecule has 0 fully saturated rings. The second kappa shape index (κ2) is 6.48. The van der Waals surface area contributed by atoms with Gasteiger partial charge in [-0.1, -0.05) is 42.0 Å². The highest BCUT2D eigenvalue weighted by Gasteiger charge is 2.20. The fraction of sp³-hybridized carbons (Fsp3) is 0.158. The van der Waals surface area contributed by atoms with Crippen LogP contribution in [0.4, 0.5) is 0 Å². The molecule has 0 unspecified atom stereocenters. The molecule has 4 nitrogen and oxygen atoms in total. The maximum atomic E-state index is 12.1. The Bertz CT molecular complexity index is 772. The Morgan fingerprint density at radius 3 is 2.43 bits per heavy atom. The van der Waals surface area contributed by atoms with Crippen molar-refractivity contribution in [3.63, 3.8) is 0 Å². The summed E-state index contributed by atoms with van der Waals surface area (Å²) < 4.78 is 5.41. The van der Waals surface area contributed by atoms with Gasteiger partial charge < -0.3 is 10.1 Å². The molecule has 0 bridgehead atoms. The highest BCUT2D eigenvalue weighted by atomic mass is 16.5. The summed E-state index contributed by atoms with van der Waals surface area (Å²) in [5.74, 6) is 1.22. The number of amidine groups is 1. The quantitative estimate of drug-likeness (QED) is 0.881. The van der Waals surface area contributed by atoms with Crippen molar-refractivity contribution in [2.24, 2.45) is 4.99 Å². The largest absolute Gasteiger partial charge is 0.494 e. The van der Waals surface area contributed by atoms with E-state index in [0.717, 1.165) is 16.9 Å². The van der Waals surface area contributed by atoms with Gasteiger partial charge in [-0.15, -0.1) is 0 Å². The van der Waals surface area contributed by atoms with Crippen LogP contribution in [0.3, 0.4) is 0 Å². The normalized spacial score (nSPS) is 15.5. The molecule has 3 rings (SSSR count). The topological polar surface area (TPSA) is 50.7 Å². The van der Waals surface area contributed by atoms with E-state index >= 15 is 0 Å². The van der Waals surface area contributed by atoms with Crippen molar-refractivity contribution in [1.29, 1.82) is 0 Å². The molecule has 0 saturated carbocycles. The van der Waals surface area contributed by atoms with Gasteiger partial charge in [-0.2, -0.15) is 0 Å². The van der Waals surface area contributed by atoms with E-state index in [1.807, 2.05) is 62.4 Å². The van der Waals surface area contributed by atoms with Crippen molar-refractivity contribution < 1.29 is 9.53 Å². The lowest BCUT2D eigenvalue weighted by atomic mass is 10.1. The summed E-state index contributed by atoms with van der Waals surface area (Å²) in [5.41, 5.74) is 3.39. The van der Waals surface area contributed by atoms with Crippen molar-refractivity contribution in [1.82, 2.24) is 5.32 Å². The third kappa shape index (κ3) is 3.48. The third-order valence-electron chi connectivity index (χ3n) is 3.52. The summed E-state index contributed by atoms with van der Waals surface area (Å²) in [6.45, 7) is 4.60. The Labute approximate surface area is 135 Å². The molecule has 4 heteroatoms. The SMILES string of the molecule is CCOc1ccc(C=C2N=C(c3ccc(C)cc3)NC2=O)cc1. The molecule has 0 atom stereocenters. The molecule has 2 aromatic rings. The lowest BCUT2D eigenvalue weighted by Gasteiger charge is -2.02. The van der Waals surface area contributed by atoms with Gasteiger partial charge in [0, 0.05) is 5.56 Å². The van der Waals surface area contributed by atoms with E-state index in [0.29, 0.717) is 18.1 Å². The minimum atomic E-state index is -0.186. The number of carbonyl (C=O) groups is 1. The van der Waals surface area contributed by atoms with Crippen LogP contribution >= 0.6 is 0 Å². The molecule has 0 radical (unpaired) electrons. The van der Waals surface area contributed by atoms with Crippen molar-refractivity contribution in [2.75, 3.05) is 6.61 Å². The van der Waals surface area contributed by atoms with Gasteiger partial charge >= 0.3 is 0 Å². The number of nitrogens with zero attached hydrogens (tertiary/aromatic N) is 1. The molecule has 1 N–H and O–H groups in total. The highest BCUT2D eigenvalue weighted by molar-refractivity contribution is 6.19. The van der Waals surface area contributed by atoms with Crippen molar-refractivity contribution in [3.8, 4) is 5.75 Å². The van der Waals surface area contributed by atoms with Gasteiger partial charge in [0.05, 0.1) is 6.61 Å². The number of aryl methyl sites for hydroxylation is 1. The summed E-state index contributed by atoms with van der Waals surface area (Å²) >= 11 is 0. The summed E-state index contributed by atoms with van der Waals surface area (Å²) in [6.07, 6.45) is 1.77. The minimum absolute atomic E-state index is 0.186. The van der Waals surface area contributed by atoms with Crippen molar-refractivity contribution in [2.45, 2.75) is 13.8 Å². The molecule has 23 heavy (non-hydrogen) atoms. The lowest BCUT2D eigenvalue weighted by molar-refractivity contribution is -0.115. The molecule has 2 aromatic carbocycles. The minimum Gasteiger partial charge on any atom is -0.494 e. The Morgan fingerprint density at radius 2 is 1.78 bits per heavy atom. The number of hydrogen-bond acceptors (Lipinski definition) is 3. The molecule has 1 amide bonds. The van der Waals surface area contributed by atoms with Crippen LogP contribution in [0, 0.1) is 6.92 Å². The van der Waals surface area contributed by atoms with E-state index in [1.165, 1.54) is 5.56 Å². The molecule has 1 heterocycles. The van der Waals surface area contributed by atoms with Gasteiger partial charge in [-0.05, 0) is 37.6 Å². The van der Waals surface area contributed by atoms with E-state index in [4.69, 9.17) is 4.74 Å². The number of amides is 1. The van der Waals surface area contributed by atoms with Crippen LogP contribution in [-0.4, -0.2) is 18.3 Å². The average Bonchev–Trinajstić information content (AvgIpc) is 2.91. The van der Waals surface area contributed by atoms with Gasteiger partial charge in [-0.3, -0.25) is 4.79 Å². The molecule has 0 saturated heterocycles. The van der Waals surface area contributed by atoms with Crippen LogP contribution in [0.5, 0.6) is 5.75 Å². The predicted octanol–water partition coefficient (Wildman–Crippen LogP) is 3.31. The summed E-state index contributed by atoms with van der Waals surface area (Å²) in [7, 11) is 0. The smallest absolute Gasteiger partial charge is 0.275 e. The number of carbonyl (C=O) groups excluding carboxylic acids is 1. The van der Waals surface area contributed by atoms with Crippen molar-refractivity contribution >= 4 is 17.8 Å². The number of hydrogen-bond donors (Lipinski definition) is 1. The zero-order chi connectivity index (χ0) is 16.2. The van der Waals surface area contributed by atoms with E-state index in [-0.39, 0.29) is 5.91 Å². The lowest BCUT2D eigenvalue weighted by Crippen LogP contribution is -2.24. The van der Waals surface area contributed by atoms with Crippen LogP contribution in [0.15, 0.2) is 59.2 Å². The molecule has 0 aliphatic carbocycles. The molecule has 0 aromatic heterocycles. The van der Waals surface area contributed by atoms with E-state index in [9.17, 15) is 4.79 Å². The number of ether oxygens (including phenoxy) is 1. The number of benzene rings is 2. The van der Waals surface area contributed by atoms with Gasteiger partial charge in [0.25, 0.3) is 5.91 Å². The Balaban J connectivity index is 1.84. The van der Waals surface area contributed by atoms with E-state index in [2.05, 4.69) is 10.3 Å².